The van der Waals surface area contributed by atoms with Crippen molar-refractivity contribution in [2.45, 2.75) is 33.1 Å². The topological polar surface area (TPSA) is 61.4 Å². The van der Waals surface area contributed by atoms with E-state index in [-0.39, 0.29) is 5.91 Å². The van der Waals surface area contributed by atoms with Gasteiger partial charge in [0, 0.05) is 26.2 Å². The van der Waals surface area contributed by atoms with Gasteiger partial charge in [-0.3, -0.25) is 9.59 Å². The first-order chi connectivity index (χ1) is 8.61. The van der Waals surface area contributed by atoms with Crippen molar-refractivity contribution in [3.05, 3.63) is 0 Å². The predicted molar refractivity (Wildman–Crippen MR) is 71.1 cm³/mol. The molecule has 0 saturated carbocycles. The molecule has 1 rings (SSSR count). The number of rotatable bonds is 4. The summed E-state index contributed by atoms with van der Waals surface area (Å²) in [7, 11) is 0. The van der Waals surface area contributed by atoms with Crippen LogP contribution >= 0.6 is 0 Å². The molecule has 1 heterocycles. The molecule has 5 nitrogen and oxygen atoms in total. The zero-order valence-corrected chi connectivity index (χ0v) is 11.5. The van der Waals surface area contributed by atoms with Gasteiger partial charge in [-0.25, -0.2) is 0 Å². The van der Waals surface area contributed by atoms with E-state index in [2.05, 4.69) is 24.5 Å². The minimum atomic E-state index is -0.458. The van der Waals surface area contributed by atoms with E-state index in [1.54, 1.807) is 4.90 Å². The second-order valence-corrected chi connectivity index (χ2v) is 5.19. The van der Waals surface area contributed by atoms with Gasteiger partial charge in [-0.2, -0.15) is 0 Å². The summed E-state index contributed by atoms with van der Waals surface area (Å²) in [6.45, 7) is 7.87. The van der Waals surface area contributed by atoms with Crippen LogP contribution < -0.4 is 10.6 Å². The van der Waals surface area contributed by atoms with Crippen LogP contribution in [0.25, 0.3) is 0 Å². The van der Waals surface area contributed by atoms with Gasteiger partial charge in [0.1, 0.15) is 0 Å². The smallest absolute Gasteiger partial charge is 0.311 e. The maximum Gasteiger partial charge on any atom is 0.311 e. The van der Waals surface area contributed by atoms with E-state index in [9.17, 15) is 9.59 Å². The molecule has 1 aliphatic rings. The Bertz CT molecular complexity index is 271. The molecule has 0 spiro atoms. The minimum Gasteiger partial charge on any atom is -0.348 e. The summed E-state index contributed by atoms with van der Waals surface area (Å²) in [4.78, 5) is 25.2. The lowest BCUT2D eigenvalue weighted by Crippen LogP contribution is -2.44. The summed E-state index contributed by atoms with van der Waals surface area (Å²) in [6.07, 6.45) is 2.91. The van der Waals surface area contributed by atoms with Crippen molar-refractivity contribution in [1.82, 2.24) is 15.5 Å². The normalized spacial score (nSPS) is 16.5. The van der Waals surface area contributed by atoms with E-state index < -0.39 is 5.91 Å². The Kier molecular flexibility index (Phi) is 6.72. The van der Waals surface area contributed by atoms with Gasteiger partial charge in [0.05, 0.1) is 0 Å². The third-order valence-corrected chi connectivity index (χ3v) is 3.07. The van der Waals surface area contributed by atoms with E-state index >= 15 is 0 Å². The molecular formula is C13H25N3O2. The van der Waals surface area contributed by atoms with Crippen molar-refractivity contribution in [3.8, 4) is 0 Å². The molecule has 0 unspecified atom stereocenters. The molecule has 104 valence electrons. The van der Waals surface area contributed by atoms with Gasteiger partial charge in [0.25, 0.3) is 0 Å². The molecular weight excluding hydrogens is 230 g/mol. The van der Waals surface area contributed by atoms with Crippen LogP contribution in [-0.2, 0) is 9.59 Å². The average Bonchev–Trinajstić information content (AvgIpc) is 2.61. The van der Waals surface area contributed by atoms with Crippen LogP contribution in [0.1, 0.15) is 33.1 Å². The van der Waals surface area contributed by atoms with Gasteiger partial charge in [-0.1, -0.05) is 13.8 Å². The molecule has 1 fully saturated rings. The zero-order chi connectivity index (χ0) is 13.4. The largest absolute Gasteiger partial charge is 0.348 e. The van der Waals surface area contributed by atoms with Crippen LogP contribution in [0.3, 0.4) is 0 Å². The van der Waals surface area contributed by atoms with E-state index in [0.717, 1.165) is 32.4 Å². The monoisotopic (exact) mass is 255 g/mol. The predicted octanol–water partition coefficient (Wildman–Crippen LogP) is 0.361. The number of hydrogen-bond acceptors (Lipinski definition) is 3. The van der Waals surface area contributed by atoms with Crippen molar-refractivity contribution >= 4 is 11.8 Å². The van der Waals surface area contributed by atoms with Crippen LogP contribution in [0.5, 0.6) is 0 Å². The summed E-state index contributed by atoms with van der Waals surface area (Å²) in [5.41, 5.74) is 0. The Labute approximate surface area is 109 Å². The van der Waals surface area contributed by atoms with Crippen molar-refractivity contribution in [2.75, 3.05) is 32.7 Å². The van der Waals surface area contributed by atoms with Gasteiger partial charge in [-0.05, 0) is 31.7 Å². The zero-order valence-electron chi connectivity index (χ0n) is 11.5. The highest BCUT2D eigenvalue weighted by Gasteiger charge is 2.21. The quantitative estimate of drug-likeness (QED) is 0.563. The number of amides is 2. The minimum absolute atomic E-state index is 0.386. The van der Waals surface area contributed by atoms with Gasteiger partial charge < -0.3 is 15.5 Å². The van der Waals surface area contributed by atoms with E-state index in [1.807, 2.05) is 0 Å². The maximum atomic E-state index is 11.9. The fraction of sp³-hybridized carbons (Fsp3) is 0.846. The lowest BCUT2D eigenvalue weighted by molar-refractivity contribution is -0.145. The number of hydrogen-bond donors (Lipinski definition) is 2. The first kappa shape index (κ1) is 15.0. The number of nitrogens with zero attached hydrogens (tertiary/aromatic N) is 1. The molecule has 0 atom stereocenters. The molecule has 18 heavy (non-hydrogen) atoms. The molecule has 0 aromatic heterocycles. The van der Waals surface area contributed by atoms with Crippen LogP contribution in [0, 0.1) is 5.92 Å². The Morgan fingerprint density at radius 1 is 1.28 bits per heavy atom. The molecule has 2 amide bonds. The molecule has 0 aromatic rings. The lowest BCUT2D eigenvalue weighted by atomic mass is 10.1. The standard InChI is InChI=1S/C13H25N3O2/c1-11(2)5-3-7-15-12(17)13(18)16-9-4-6-14-8-10-16/h11,14H,3-10H2,1-2H3,(H,15,17). The summed E-state index contributed by atoms with van der Waals surface area (Å²) < 4.78 is 0. The van der Waals surface area contributed by atoms with E-state index in [0.29, 0.717) is 25.6 Å². The molecule has 0 aromatic carbocycles. The fourth-order valence-electron chi connectivity index (χ4n) is 1.98. The second kappa shape index (κ2) is 8.08. The van der Waals surface area contributed by atoms with Gasteiger partial charge in [0.2, 0.25) is 0 Å². The van der Waals surface area contributed by atoms with Gasteiger partial charge >= 0.3 is 11.8 Å². The summed E-state index contributed by atoms with van der Waals surface area (Å²) in [5.74, 6) is -0.210. The molecule has 1 aliphatic heterocycles. The molecule has 2 N–H and O–H groups in total. The van der Waals surface area contributed by atoms with Crippen molar-refractivity contribution in [1.29, 1.82) is 0 Å². The van der Waals surface area contributed by atoms with Gasteiger partial charge in [0.15, 0.2) is 0 Å². The Morgan fingerprint density at radius 2 is 2.06 bits per heavy atom. The average molecular weight is 255 g/mol. The Morgan fingerprint density at radius 3 is 2.78 bits per heavy atom. The highest BCUT2D eigenvalue weighted by molar-refractivity contribution is 6.35. The first-order valence-electron chi connectivity index (χ1n) is 6.89. The summed E-state index contributed by atoms with van der Waals surface area (Å²) in [5, 5.41) is 5.92. The Hall–Kier alpha value is -1.10. The molecule has 1 saturated heterocycles. The molecule has 5 heteroatoms. The highest BCUT2D eigenvalue weighted by atomic mass is 16.2. The van der Waals surface area contributed by atoms with Crippen molar-refractivity contribution in [3.63, 3.8) is 0 Å². The lowest BCUT2D eigenvalue weighted by Gasteiger charge is -2.19. The fourth-order valence-corrected chi connectivity index (χ4v) is 1.98. The van der Waals surface area contributed by atoms with Crippen LogP contribution in [0.2, 0.25) is 0 Å². The molecule has 0 aliphatic carbocycles. The molecule has 0 bridgehead atoms. The van der Waals surface area contributed by atoms with Gasteiger partial charge in [-0.15, -0.1) is 0 Å². The van der Waals surface area contributed by atoms with E-state index in [4.69, 9.17) is 0 Å². The number of carbonyl (C=O) groups is 2. The summed E-state index contributed by atoms with van der Waals surface area (Å²) in [6, 6.07) is 0. The maximum absolute atomic E-state index is 11.9. The molecule has 0 radical (unpaired) electrons. The van der Waals surface area contributed by atoms with Crippen molar-refractivity contribution in [2.24, 2.45) is 5.92 Å². The second-order valence-electron chi connectivity index (χ2n) is 5.19. The third kappa shape index (κ3) is 5.49. The van der Waals surface area contributed by atoms with Crippen LogP contribution in [0.4, 0.5) is 0 Å². The third-order valence-electron chi connectivity index (χ3n) is 3.07. The Balaban J connectivity index is 2.25. The first-order valence-corrected chi connectivity index (χ1v) is 6.89. The number of carbonyl (C=O) groups excluding carboxylic acids is 2. The van der Waals surface area contributed by atoms with Crippen molar-refractivity contribution < 1.29 is 9.59 Å². The van der Waals surface area contributed by atoms with Crippen LogP contribution in [-0.4, -0.2) is 49.4 Å². The summed E-state index contributed by atoms with van der Waals surface area (Å²) >= 11 is 0. The van der Waals surface area contributed by atoms with E-state index in [1.165, 1.54) is 0 Å². The number of nitrogens with one attached hydrogen (secondary N) is 2. The van der Waals surface area contributed by atoms with Crippen LogP contribution in [0.15, 0.2) is 0 Å². The highest BCUT2D eigenvalue weighted by Crippen LogP contribution is 2.02. The SMILES string of the molecule is CC(C)CCCNC(=O)C(=O)N1CCCNCC1.